The van der Waals surface area contributed by atoms with Gasteiger partial charge in [-0.1, -0.05) is 35.9 Å². The molecule has 0 spiro atoms. The van der Waals surface area contributed by atoms with Gasteiger partial charge in [0.05, 0.1) is 24.0 Å². The lowest BCUT2D eigenvalue weighted by Crippen LogP contribution is -2.40. The minimum absolute atomic E-state index is 0.249. The van der Waals surface area contributed by atoms with E-state index in [0.717, 1.165) is 21.8 Å². The highest BCUT2D eigenvalue weighted by Gasteiger charge is 2.22. The number of aromatic nitrogens is 2. The summed E-state index contributed by atoms with van der Waals surface area (Å²) in [4.78, 5) is 16.6. The van der Waals surface area contributed by atoms with E-state index in [0.29, 0.717) is 16.3 Å². The molecule has 7 nitrogen and oxygen atoms in total. The molecule has 152 valence electrons. The van der Waals surface area contributed by atoms with Gasteiger partial charge in [-0.25, -0.2) is 13.4 Å². The molecular weight excluding hydrogens is 412 g/mol. The van der Waals surface area contributed by atoms with E-state index in [4.69, 9.17) is 11.6 Å². The van der Waals surface area contributed by atoms with Gasteiger partial charge in [-0.3, -0.25) is 9.10 Å². The van der Waals surface area contributed by atoms with Crippen LogP contribution in [-0.4, -0.2) is 36.7 Å². The predicted molar refractivity (Wildman–Crippen MR) is 114 cm³/mol. The summed E-state index contributed by atoms with van der Waals surface area (Å²) in [7, 11) is -3.68. The fourth-order valence-electron chi connectivity index (χ4n) is 2.93. The largest absolute Gasteiger partial charge is 0.350 e. The Morgan fingerprint density at radius 1 is 1.24 bits per heavy atom. The predicted octanol–water partition coefficient (Wildman–Crippen LogP) is 2.92. The molecule has 3 rings (SSSR count). The average Bonchev–Trinajstić information content (AvgIpc) is 3.20. The molecule has 0 radical (unpaired) electrons. The van der Waals surface area contributed by atoms with Gasteiger partial charge in [0.25, 0.3) is 0 Å². The maximum absolute atomic E-state index is 12.6. The number of aryl methyl sites for hydroxylation is 1. The first kappa shape index (κ1) is 20.9. The molecule has 0 aliphatic heterocycles. The van der Waals surface area contributed by atoms with Crippen LogP contribution in [0.5, 0.6) is 0 Å². The third kappa shape index (κ3) is 5.16. The van der Waals surface area contributed by atoms with Gasteiger partial charge in [0, 0.05) is 24.0 Å². The Labute approximate surface area is 175 Å². The zero-order chi connectivity index (χ0) is 21.0. The number of imidazole rings is 1. The van der Waals surface area contributed by atoms with Crippen LogP contribution < -0.4 is 9.62 Å². The van der Waals surface area contributed by atoms with E-state index >= 15 is 0 Å². The lowest BCUT2D eigenvalue weighted by atomic mass is 10.1. The van der Waals surface area contributed by atoms with Crippen molar-refractivity contribution < 1.29 is 13.2 Å². The highest BCUT2D eigenvalue weighted by Crippen LogP contribution is 2.26. The van der Waals surface area contributed by atoms with E-state index < -0.39 is 15.9 Å². The first-order valence-corrected chi connectivity index (χ1v) is 11.0. The Hall–Kier alpha value is -2.84. The Morgan fingerprint density at radius 2 is 2.00 bits per heavy atom. The third-order valence-electron chi connectivity index (χ3n) is 4.38. The van der Waals surface area contributed by atoms with Gasteiger partial charge in [-0.15, -0.1) is 0 Å². The Morgan fingerprint density at radius 3 is 2.69 bits per heavy atom. The van der Waals surface area contributed by atoms with Crippen LogP contribution in [0.3, 0.4) is 0 Å². The number of nitrogens with one attached hydrogen (secondary N) is 1. The van der Waals surface area contributed by atoms with E-state index in [9.17, 15) is 13.2 Å². The van der Waals surface area contributed by atoms with Crippen LogP contribution in [0.1, 0.15) is 11.1 Å². The molecular formula is C20H21ClN4O3S. The molecule has 0 saturated carbocycles. The van der Waals surface area contributed by atoms with Crippen LogP contribution in [-0.2, 0) is 21.4 Å². The van der Waals surface area contributed by atoms with Gasteiger partial charge in [0.15, 0.2) is 0 Å². The third-order valence-corrected chi connectivity index (χ3v) is 5.74. The van der Waals surface area contributed by atoms with Gasteiger partial charge in [-0.05, 0) is 36.2 Å². The normalized spacial score (nSPS) is 11.3. The summed E-state index contributed by atoms with van der Waals surface area (Å²) in [5.74, 6) is -0.421. The van der Waals surface area contributed by atoms with Crippen molar-refractivity contribution in [3.8, 4) is 5.69 Å². The zero-order valence-electron chi connectivity index (χ0n) is 16.0. The van der Waals surface area contributed by atoms with Crippen molar-refractivity contribution in [3.05, 3.63) is 77.3 Å². The van der Waals surface area contributed by atoms with Crippen LogP contribution in [0.4, 0.5) is 5.69 Å². The molecule has 1 amide bonds. The van der Waals surface area contributed by atoms with Crippen LogP contribution in [0.25, 0.3) is 5.69 Å². The first-order valence-electron chi connectivity index (χ1n) is 8.82. The Kier molecular flexibility index (Phi) is 6.24. The summed E-state index contributed by atoms with van der Waals surface area (Å²) in [6, 6.07) is 12.5. The number of benzene rings is 2. The summed E-state index contributed by atoms with van der Waals surface area (Å²) in [5.41, 5.74) is 2.85. The molecule has 1 N–H and O–H groups in total. The fourth-order valence-corrected chi connectivity index (χ4v) is 4.00. The minimum Gasteiger partial charge on any atom is -0.350 e. The van der Waals surface area contributed by atoms with Crippen molar-refractivity contribution in [2.24, 2.45) is 0 Å². The number of hydrogen-bond acceptors (Lipinski definition) is 4. The first-order chi connectivity index (χ1) is 13.8. The topological polar surface area (TPSA) is 84.3 Å². The molecule has 0 atom stereocenters. The molecule has 3 aromatic rings. The molecule has 29 heavy (non-hydrogen) atoms. The lowest BCUT2D eigenvalue weighted by Gasteiger charge is -2.24. The molecule has 0 aliphatic carbocycles. The van der Waals surface area contributed by atoms with Crippen LogP contribution in [0.2, 0.25) is 5.02 Å². The van der Waals surface area contributed by atoms with Gasteiger partial charge in [-0.2, -0.15) is 0 Å². The quantitative estimate of drug-likeness (QED) is 0.622. The molecule has 0 unspecified atom stereocenters. The minimum atomic E-state index is -3.68. The van der Waals surface area contributed by atoms with Crippen molar-refractivity contribution in [2.45, 2.75) is 13.5 Å². The maximum atomic E-state index is 12.6. The zero-order valence-corrected chi connectivity index (χ0v) is 17.6. The number of amides is 1. The molecule has 0 saturated heterocycles. The second kappa shape index (κ2) is 8.67. The average molecular weight is 433 g/mol. The lowest BCUT2D eigenvalue weighted by molar-refractivity contribution is -0.119. The number of para-hydroxylation sites is 1. The molecule has 1 heterocycles. The van der Waals surface area contributed by atoms with Crippen LogP contribution >= 0.6 is 11.6 Å². The van der Waals surface area contributed by atoms with Crippen LogP contribution in [0.15, 0.2) is 61.2 Å². The summed E-state index contributed by atoms with van der Waals surface area (Å²) in [5, 5.41) is 3.19. The monoisotopic (exact) mass is 432 g/mol. The van der Waals surface area contributed by atoms with Crippen LogP contribution in [0, 0.1) is 6.92 Å². The van der Waals surface area contributed by atoms with E-state index in [-0.39, 0.29) is 13.1 Å². The van der Waals surface area contributed by atoms with E-state index in [1.807, 2.05) is 35.0 Å². The number of rotatable bonds is 7. The number of sulfonamides is 1. The van der Waals surface area contributed by atoms with E-state index in [1.165, 1.54) is 0 Å². The van der Waals surface area contributed by atoms with Gasteiger partial charge in [0.2, 0.25) is 15.9 Å². The van der Waals surface area contributed by atoms with E-state index in [1.54, 1.807) is 37.6 Å². The molecule has 1 aromatic heterocycles. The van der Waals surface area contributed by atoms with Crippen molar-refractivity contribution >= 4 is 33.2 Å². The number of halogens is 1. The summed E-state index contributed by atoms with van der Waals surface area (Å²) < 4.78 is 27.5. The standard InChI is InChI=1S/C20H21ClN4O3S/c1-15-7-8-17(21)11-19(15)25(29(2,27)28)13-20(26)23-12-16-5-3-4-6-18(16)24-10-9-22-14-24/h3-11,14H,12-13H2,1-2H3,(H,23,26). The van der Waals surface area contributed by atoms with Crippen molar-refractivity contribution in [3.63, 3.8) is 0 Å². The summed E-state index contributed by atoms with van der Waals surface area (Å²) >= 11 is 6.03. The molecule has 0 bridgehead atoms. The number of hydrogen-bond donors (Lipinski definition) is 1. The van der Waals surface area contributed by atoms with Gasteiger partial charge < -0.3 is 9.88 Å². The van der Waals surface area contributed by atoms with Crippen molar-refractivity contribution in [2.75, 3.05) is 17.1 Å². The van der Waals surface area contributed by atoms with Crippen molar-refractivity contribution in [1.29, 1.82) is 0 Å². The molecule has 0 fully saturated rings. The second-order valence-electron chi connectivity index (χ2n) is 6.58. The molecule has 9 heteroatoms. The highest BCUT2D eigenvalue weighted by atomic mass is 35.5. The Balaban J connectivity index is 1.77. The smallest absolute Gasteiger partial charge is 0.241 e. The summed E-state index contributed by atoms with van der Waals surface area (Å²) in [6.07, 6.45) is 6.23. The number of anilines is 1. The fraction of sp³-hybridized carbons (Fsp3) is 0.200. The number of carbonyl (C=O) groups is 1. The summed E-state index contributed by atoms with van der Waals surface area (Å²) in [6.45, 7) is 1.68. The number of carbonyl (C=O) groups excluding carboxylic acids is 1. The Bertz CT molecular complexity index is 1110. The highest BCUT2D eigenvalue weighted by molar-refractivity contribution is 7.92. The molecule has 0 aliphatic rings. The second-order valence-corrected chi connectivity index (χ2v) is 8.92. The molecule has 2 aromatic carbocycles. The van der Waals surface area contributed by atoms with E-state index in [2.05, 4.69) is 10.3 Å². The SMILES string of the molecule is Cc1ccc(Cl)cc1N(CC(=O)NCc1ccccc1-n1ccnc1)S(C)(=O)=O. The van der Waals surface area contributed by atoms with Gasteiger partial charge in [0.1, 0.15) is 6.54 Å². The van der Waals surface area contributed by atoms with Crippen molar-refractivity contribution in [1.82, 2.24) is 14.9 Å². The maximum Gasteiger partial charge on any atom is 0.241 e. The van der Waals surface area contributed by atoms with Gasteiger partial charge >= 0.3 is 0 Å². The number of nitrogens with zero attached hydrogens (tertiary/aromatic N) is 3.